The Hall–Kier alpha value is -0.820. The Bertz CT molecular complexity index is 199. The summed E-state index contributed by atoms with van der Waals surface area (Å²) in [6, 6.07) is 0. The largest absolute Gasteiger partial charge is 0.392 e. The number of allylic oxidation sites excluding steroid dienone is 4. The molecule has 0 heterocycles. The van der Waals surface area contributed by atoms with Crippen LogP contribution >= 0.6 is 0 Å². The monoisotopic (exact) mass is 180 g/mol. The van der Waals surface area contributed by atoms with E-state index in [1.165, 1.54) is 11.1 Å². The quantitative estimate of drug-likeness (QED) is 0.491. The van der Waals surface area contributed by atoms with Crippen LogP contribution in [0.2, 0.25) is 0 Å². The van der Waals surface area contributed by atoms with Crippen LogP contribution in [-0.2, 0) is 0 Å². The van der Waals surface area contributed by atoms with E-state index in [1.54, 1.807) is 0 Å². The van der Waals surface area contributed by atoms with Crippen molar-refractivity contribution in [1.82, 2.24) is 0 Å². The van der Waals surface area contributed by atoms with E-state index in [0.717, 1.165) is 19.3 Å². The summed E-state index contributed by atoms with van der Waals surface area (Å²) in [5, 5.41) is 8.71. The van der Waals surface area contributed by atoms with Crippen LogP contribution in [-0.4, -0.2) is 11.7 Å². The van der Waals surface area contributed by atoms with Gasteiger partial charge in [0.25, 0.3) is 0 Å². The molecule has 0 aromatic heterocycles. The van der Waals surface area contributed by atoms with Gasteiger partial charge in [0.1, 0.15) is 0 Å². The third-order valence-electron chi connectivity index (χ3n) is 2.09. The van der Waals surface area contributed by atoms with Crippen molar-refractivity contribution >= 4 is 0 Å². The van der Waals surface area contributed by atoms with Crippen molar-refractivity contribution in [2.75, 3.05) is 6.61 Å². The minimum absolute atomic E-state index is 0.160. The smallest absolute Gasteiger partial charge is 0.0615 e. The lowest BCUT2D eigenvalue weighted by atomic mass is 10.1. The fraction of sp³-hybridized carbons (Fsp3) is 0.500. The van der Waals surface area contributed by atoms with E-state index >= 15 is 0 Å². The van der Waals surface area contributed by atoms with Gasteiger partial charge < -0.3 is 5.11 Å². The fourth-order valence-electron chi connectivity index (χ4n) is 1.12. The molecule has 0 unspecified atom stereocenters. The Balaban J connectivity index is 3.86. The number of aliphatic hydroxyl groups is 1. The lowest BCUT2D eigenvalue weighted by molar-refractivity contribution is 0.341. The molecular formula is C12H20O. The summed E-state index contributed by atoms with van der Waals surface area (Å²) < 4.78 is 0. The second-order valence-electron chi connectivity index (χ2n) is 3.09. The lowest BCUT2D eigenvalue weighted by Crippen LogP contribution is -1.84. The van der Waals surface area contributed by atoms with Gasteiger partial charge in [0.2, 0.25) is 0 Å². The molecule has 0 bridgehead atoms. The van der Waals surface area contributed by atoms with Gasteiger partial charge in [-0.3, -0.25) is 0 Å². The highest BCUT2D eigenvalue weighted by molar-refractivity contribution is 5.13. The van der Waals surface area contributed by atoms with Gasteiger partial charge in [-0.15, -0.1) is 0 Å². The lowest BCUT2D eigenvalue weighted by Gasteiger charge is -2.01. The summed E-state index contributed by atoms with van der Waals surface area (Å²) >= 11 is 0. The van der Waals surface area contributed by atoms with Gasteiger partial charge in [0, 0.05) is 0 Å². The van der Waals surface area contributed by atoms with Crippen molar-refractivity contribution in [1.29, 1.82) is 0 Å². The van der Waals surface area contributed by atoms with Crippen molar-refractivity contribution < 1.29 is 5.11 Å². The van der Waals surface area contributed by atoms with E-state index in [9.17, 15) is 0 Å². The first-order valence-corrected chi connectivity index (χ1v) is 4.82. The predicted octanol–water partition coefficient (Wildman–Crippen LogP) is 3.23. The Kier molecular flexibility index (Phi) is 7.32. The van der Waals surface area contributed by atoms with Crippen molar-refractivity contribution in [3.8, 4) is 0 Å². The van der Waals surface area contributed by atoms with E-state index in [1.807, 2.05) is 19.1 Å². The van der Waals surface area contributed by atoms with E-state index in [-0.39, 0.29) is 6.61 Å². The van der Waals surface area contributed by atoms with E-state index < -0.39 is 0 Å². The number of rotatable bonds is 6. The number of hydrogen-bond donors (Lipinski definition) is 1. The van der Waals surface area contributed by atoms with Gasteiger partial charge in [-0.05, 0) is 26.2 Å². The van der Waals surface area contributed by atoms with Crippen molar-refractivity contribution in [3.05, 3.63) is 36.0 Å². The maximum Gasteiger partial charge on any atom is 0.0615 e. The number of hydrogen-bond acceptors (Lipinski definition) is 1. The summed E-state index contributed by atoms with van der Waals surface area (Å²) in [6.07, 6.45) is 9.05. The molecule has 74 valence electrons. The Labute approximate surface area is 81.5 Å². The standard InChI is InChI=1S/C12H20O/c1-4-11(3)7-6-8-12(5-2)9-10-13/h4,7,9,13H,1,5-6,8,10H2,2-3H3/b11-7-,12-9+. The summed E-state index contributed by atoms with van der Waals surface area (Å²) in [4.78, 5) is 0. The maximum atomic E-state index is 8.71. The van der Waals surface area contributed by atoms with E-state index in [2.05, 4.69) is 19.6 Å². The molecule has 0 aliphatic carbocycles. The molecule has 0 rings (SSSR count). The van der Waals surface area contributed by atoms with Crippen molar-refractivity contribution in [2.45, 2.75) is 33.1 Å². The fourth-order valence-corrected chi connectivity index (χ4v) is 1.12. The van der Waals surface area contributed by atoms with Crippen molar-refractivity contribution in [2.24, 2.45) is 0 Å². The average Bonchev–Trinajstić information content (AvgIpc) is 2.16. The molecule has 1 nitrogen and oxygen atoms in total. The Morgan fingerprint density at radius 1 is 1.38 bits per heavy atom. The van der Waals surface area contributed by atoms with Gasteiger partial charge in [0.05, 0.1) is 6.61 Å². The topological polar surface area (TPSA) is 20.2 Å². The van der Waals surface area contributed by atoms with Gasteiger partial charge >= 0.3 is 0 Å². The first-order valence-electron chi connectivity index (χ1n) is 4.82. The molecule has 1 heteroatoms. The van der Waals surface area contributed by atoms with E-state index in [4.69, 9.17) is 5.11 Å². The van der Waals surface area contributed by atoms with Gasteiger partial charge in [-0.25, -0.2) is 0 Å². The third-order valence-corrected chi connectivity index (χ3v) is 2.09. The van der Waals surface area contributed by atoms with Crippen LogP contribution in [0.1, 0.15) is 33.1 Å². The normalized spacial score (nSPS) is 13.2. The van der Waals surface area contributed by atoms with Crippen LogP contribution in [0.3, 0.4) is 0 Å². The maximum absolute atomic E-state index is 8.71. The summed E-state index contributed by atoms with van der Waals surface area (Å²) in [7, 11) is 0. The zero-order chi connectivity index (χ0) is 10.1. The molecule has 0 saturated carbocycles. The summed E-state index contributed by atoms with van der Waals surface area (Å²) in [5.74, 6) is 0. The molecule has 0 aliphatic heterocycles. The minimum atomic E-state index is 0.160. The van der Waals surface area contributed by atoms with Gasteiger partial charge in [-0.1, -0.05) is 42.9 Å². The Morgan fingerprint density at radius 3 is 2.54 bits per heavy atom. The SMILES string of the molecule is C=C/C(C)=C\CC/C(=C/CO)CC. The predicted molar refractivity (Wildman–Crippen MR) is 58.6 cm³/mol. The Morgan fingerprint density at radius 2 is 2.08 bits per heavy atom. The summed E-state index contributed by atoms with van der Waals surface area (Å²) in [5.41, 5.74) is 2.55. The van der Waals surface area contributed by atoms with Gasteiger partial charge in [-0.2, -0.15) is 0 Å². The molecule has 0 saturated heterocycles. The highest BCUT2D eigenvalue weighted by atomic mass is 16.2. The first kappa shape index (κ1) is 12.2. The highest BCUT2D eigenvalue weighted by Gasteiger charge is 1.92. The molecule has 0 spiro atoms. The van der Waals surface area contributed by atoms with Crippen LogP contribution in [0.5, 0.6) is 0 Å². The molecule has 1 N–H and O–H groups in total. The zero-order valence-electron chi connectivity index (χ0n) is 8.71. The number of aliphatic hydroxyl groups excluding tert-OH is 1. The molecule has 0 aromatic rings. The van der Waals surface area contributed by atoms with Crippen LogP contribution in [0, 0.1) is 0 Å². The third kappa shape index (κ3) is 6.35. The molecule has 0 aliphatic rings. The molecule has 0 aromatic carbocycles. The van der Waals surface area contributed by atoms with Crippen LogP contribution < -0.4 is 0 Å². The molecule has 0 fully saturated rings. The molecule has 0 atom stereocenters. The zero-order valence-corrected chi connectivity index (χ0v) is 8.71. The summed E-state index contributed by atoms with van der Waals surface area (Å²) in [6.45, 7) is 8.02. The van der Waals surface area contributed by atoms with E-state index in [0.29, 0.717) is 0 Å². The second kappa shape index (κ2) is 7.81. The molecule has 13 heavy (non-hydrogen) atoms. The first-order chi connectivity index (χ1) is 6.24. The van der Waals surface area contributed by atoms with Crippen LogP contribution in [0.15, 0.2) is 36.0 Å². The van der Waals surface area contributed by atoms with Gasteiger partial charge in [0.15, 0.2) is 0 Å². The second-order valence-corrected chi connectivity index (χ2v) is 3.09. The van der Waals surface area contributed by atoms with Crippen LogP contribution in [0.4, 0.5) is 0 Å². The minimum Gasteiger partial charge on any atom is -0.392 e. The van der Waals surface area contributed by atoms with Crippen molar-refractivity contribution in [3.63, 3.8) is 0 Å². The van der Waals surface area contributed by atoms with Crippen LogP contribution in [0.25, 0.3) is 0 Å². The molecule has 0 amide bonds. The average molecular weight is 180 g/mol. The molecule has 0 radical (unpaired) electrons. The highest BCUT2D eigenvalue weighted by Crippen LogP contribution is 2.10. The molecular weight excluding hydrogens is 160 g/mol.